The van der Waals surface area contributed by atoms with E-state index in [0.717, 1.165) is 24.7 Å². The van der Waals surface area contributed by atoms with Crippen LogP contribution in [0.4, 0.5) is 0 Å². The summed E-state index contributed by atoms with van der Waals surface area (Å²) in [4.78, 5) is 11.1. The summed E-state index contributed by atoms with van der Waals surface area (Å²) in [7, 11) is 3.13. The molecule has 0 N–H and O–H groups in total. The Hall–Kier alpha value is -1.22. The van der Waals surface area contributed by atoms with Crippen LogP contribution in [0.15, 0.2) is 12.1 Å². The van der Waals surface area contributed by atoms with Gasteiger partial charge in [-0.15, -0.1) is 0 Å². The average Bonchev–Trinajstić information content (AvgIpc) is 3.08. The first kappa shape index (κ1) is 11.3. The van der Waals surface area contributed by atoms with Gasteiger partial charge in [0.25, 0.3) is 0 Å². The summed E-state index contributed by atoms with van der Waals surface area (Å²) >= 11 is 6.18. The molecule has 86 valence electrons. The fourth-order valence-corrected chi connectivity index (χ4v) is 2.27. The Balaban J connectivity index is 2.55. The zero-order valence-corrected chi connectivity index (χ0v) is 10.0. The summed E-state index contributed by atoms with van der Waals surface area (Å²) in [5.41, 5.74) is 0.349. The first-order chi connectivity index (χ1) is 7.66. The number of carbonyl (C=O) groups excluding carboxylic acids is 1. The van der Waals surface area contributed by atoms with Crippen molar-refractivity contribution in [3.8, 4) is 11.5 Å². The van der Waals surface area contributed by atoms with Crippen LogP contribution in [0.2, 0.25) is 5.02 Å². The molecule has 2 rings (SSSR count). The second-order valence-electron chi connectivity index (χ2n) is 3.96. The van der Waals surface area contributed by atoms with Gasteiger partial charge in [-0.05, 0) is 18.9 Å². The Kier molecular flexibility index (Phi) is 2.80. The monoisotopic (exact) mass is 240 g/mol. The van der Waals surface area contributed by atoms with Crippen LogP contribution in [-0.4, -0.2) is 20.5 Å². The van der Waals surface area contributed by atoms with Crippen molar-refractivity contribution in [3.63, 3.8) is 0 Å². The van der Waals surface area contributed by atoms with Gasteiger partial charge >= 0.3 is 0 Å². The summed E-state index contributed by atoms with van der Waals surface area (Å²) in [6, 6.07) is 3.47. The molecule has 0 heterocycles. The smallest absolute Gasteiger partial charge is 0.130 e. The van der Waals surface area contributed by atoms with Gasteiger partial charge in [0.1, 0.15) is 17.8 Å². The topological polar surface area (TPSA) is 35.5 Å². The van der Waals surface area contributed by atoms with E-state index in [1.807, 2.05) is 0 Å². The van der Waals surface area contributed by atoms with Gasteiger partial charge in [0.15, 0.2) is 0 Å². The van der Waals surface area contributed by atoms with Crippen molar-refractivity contribution in [1.82, 2.24) is 0 Å². The molecule has 0 atom stereocenters. The van der Waals surface area contributed by atoms with Gasteiger partial charge < -0.3 is 14.3 Å². The molecule has 0 radical (unpaired) electrons. The minimum Gasteiger partial charge on any atom is -0.497 e. The predicted molar refractivity (Wildman–Crippen MR) is 61.5 cm³/mol. The molecule has 4 heteroatoms. The van der Waals surface area contributed by atoms with Gasteiger partial charge in [0, 0.05) is 11.6 Å². The average molecular weight is 241 g/mol. The molecule has 16 heavy (non-hydrogen) atoms. The summed E-state index contributed by atoms with van der Waals surface area (Å²) in [5, 5.41) is 0.529. The van der Waals surface area contributed by atoms with E-state index in [4.69, 9.17) is 21.1 Å². The molecule has 0 aromatic heterocycles. The maximum atomic E-state index is 11.1. The normalized spacial score (nSPS) is 16.7. The number of carbonyl (C=O) groups is 1. The van der Waals surface area contributed by atoms with E-state index in [1.165, 1.54) is 0 Å². The third-order valence-electron chi connectivity index (χ3n) is 3.00. The maximum Gasteiger partial charge on any atom is 0.130 e. The zero-order chi connectivity index (χ0) is 11.8. The molecular weight excluding hydrogens is 228 g/mol. The summed E-state index contributed by atoms with van der Waals surface area (Å²) in [6.45, 7) is 0. The van der Waals surface area contributed by atoms with Crippen LogP contribution in [0.25, 0.3) is 0 Å². The summed E-state index contributed by atoms with van der Waals surface area (Å²) in [5.74, 6) is 1.25. The second-order valence-corrected chi connectivity index (χ2v) is 4.37. The molecule has 1 aliphatic rings. The third-order valence-corrected chi connectivity index (χ3v) is 3.29. The highest BCUT2D eigenvalue weighted by Gasteiger charge is 2.47. The lowest BCUT2D eigenvalue weighted by atomic mass is 9.96. The molecule has 1 fully saturated rings. The first-order valence-electron chi connectivity index (χ1n) is 5.05. The van der Waals surface area contributed by atoms with Crippen molar-refractivity contribution in [2.75, 3.05) is 14.2 Å². The largest absolute Gasteiger partial charge is 0.497 e. The van der Waals surface area contributed by atoms with Crippen molar-refractivity contribution in [2.45, 2.75) is 18.3 Å². The first-order valence-corrected chi connectivity index (χ1v) is 5.43. The SMILES string of the molecule is COc1cc(Cl)c(C2(C=O)CC2)c(OC)c1. The van der Waals surface area contributed by atoms with Gasteiger partial charge in [-0.2, -0.15) is 0 Å². The van der Waals surface area contributed by atoms with Gasteiger partial charge in [0.2, 0.25) is 0 Å². The number of halogens is 1. The Labute approximate surface area is 99.3 Å². The maximum absolute atomic E-state index is 11.1. The predicted octanol–water partition coefficient (Wildman–Crippen LogP) is 2.59. The van der Waals surface area contributed by atoms with E-state index >= 15 is 0 Å². The van der Waals surface area contributed by atoms with Crippen molar-refractivity contribution in [2.24, 2.45) is 0 Å². The summed E-state index contributed by atoms with van der Waals surface area (Å²) < 4.78 is 10.4. The molecule has 0 spiro atoms. The number of ether oxygens (including phenoxy) is 2. The highest BCUT2D eigenvalue weighted by molar-refractivity contribution is 6.32. The van der Waals surface area contributed by atoms with Crippen LogP contribution in [0.3, 0.4) is 0 Å². The van der Waals surface area contributed by atoms with E-state index in [9.17, 15) is 4.79 Å². The molecule has 0 saturated heterocycles. The third kappa shape index (κ3) is 1.65. The van der Waals surface area contributed by atoms with Gasteiger partial charge in [-0.3, -0.25) is 0 Å². The van der Waals surface area contributed by atoms with Crippen LogP contribution >= 0.6 is 11.6 Å². The fourth-order valence-electron chi connectivity index (χ4n) is 1.88. The standard InChI is InChI=1S/C12H13ClO3/c1-15-8-5-9(13)11(10(6-8)16-2)12(7-14)3-4-12/h5-7H,3-4H2,1-2H3. The minimum absolute atomic E-state index is 0.436. The van der Waals surface area contributed by atoms with E-state index in [1.54, 1.807) is 26.4 Å². The molecule has 3 nitrogen and oxygen atoms in total. The lowest BCUT2D eigenvalue weighted by molar-refractivity contribution is -0.109. The molecule has 1 saturated carbocycles. The number of aldehydes is 1. The highest BCUT2D eigenvalue weighted by atomic mass is 35.5. The second kappa shape index (κ2) is 3.98. The number of hydrogen-bond donors (Lipinski definition) is 0. The van der Waals surface area contributed by atoms with Crippen molar-refractivity contribution in [3.05, 3.63) is 22.7 Å². The minimum atomic E-state index is -0.436. The molecule has 0 unspecified atom stereocenters. The van der Waals surface area contributed by atoms with Gasteiger partial charge in [-0.25, -0.2) is 0 Å². The Morgan fingerprint density at radius 2 is 2.00 bits per heavy atom. The number of hydrogen-bond acceptors (Lipinski definition) is 3. The van der Waals surface area contributed by atoms with E-state index in [0.29, 0.717) is 16.5 Å². The molecule has 1 aromatic rings. The van der Waals surface area contributed by atoms with E-state index in [-0.39, 0.29) is 0 Å². The number of rotatable bonds is 4. The molecular formula is C12H13ClO3. The van der Waals surface area contributed by atoms with Crippen LogP contribution in [0.5, 0.6) is 11.5 Å². The Morgan fingerprint density at radius 3 is 2.44 bits per heavy atom. The lowest BCUT2D eigenvalue weighted by Gasteiger charge is -2.16. The van der Waals surface area contributed by atoms with Crippen LogP contribution in [0.1, 0.15) is 18.4 Å². The lowest BCUT2D eigenvalue weighted by Crippen LogP contribution is -2.10. The molecule has 0 aliphatic heterocycles. The van der Waals surface area contributed by atoms with Crippen LogP contribution < -0.4 is 9.47 Å². The number of methoxy groups -OCH3 is 2. The quantitative estimate of drug-likeness (QED) is 0.759. The fraction of sp³-hybridized carbons (Fsp3) is 0.417. The van der Waals surface area contributed by atoms with Crippen LogP contribution in [0, 0.1) is 0 Å². The van der Waals surface area contributed by atoms with Crippen LogP contribution in [-0.2, 0) is 10.2 Å². The van der Waals surface area contributed by atoms with E-state index < -0.39 is 5.41 Å². The number of benzene rings is 1. The molecule has 0 amide bonds. The van der Waals surface area contributed by atoms with Gasteiger partial charge in [-0.1, -0.05) is 11.6 Å². The summed E-state index contributed by atoms with van der Waals surface area (Å²) in [6.07, 6.45) is 2.63. The highest BCUT2D eigenvalue weighted by Crippen LogP contribution is 2.53. The van der Waals surface area contributed by atoms with Gasteiger partial charge in [0.05, 0.1) is 24.7 Å². The Bertz CT molecular complexity index is 425. The molecule has 1 aromatic carbocycles. The van der Waals surface area contributed by atoms with Crippen molar-refractivity contribution < 1.29 is 14.3 Å². The van der Waals surface area contributed by atoms with Crippen molar-refractivity contribution in [1.29, 1.82) is 0 Å². The zero-order valence-electron chi connectivity index (χ0n) is 9.25. The van der Waals surface area contributed by atoms with E-state index in [2.05, 4.69) is 0 Å². The van der Waals surface area contributed by atoms with Crippen molar-refractivity contribution >= 4 is 17.9 Å². The Morgan fingerprint density at radius 1 is 1.31 bits per heavy atom. The molecule has 0 bridgehead atoms. The molecule has 1 aliphatic carbocycles.